The Kier molecular flexibility index (Phi) is 6.83. The maximum Gasteiger partial charge on any atom is 0.408 e. The van der Waals surface area contributed by atoms with Gasteiger partial charge in [0.15, 0.2) is 5.82 Å². The fourth-order valence-electron chi connectivity index (χ4n) is 5.46. The molecule has 210 valence electrons. The highest BCUT2D eigenvalue weighted by atomic mass is 19.3. The molecule has 5 rings (SSSR count). The average Bonchev–Trinajstić information content (AvgIpc) is 3.56. The fourth-order valence-corrected chi connectivity index (χ4v) is 5.46. The second-order valence-electron chi connectivity index (χ2n) is 10.7. The van der Waals surface area contributed by atoms with Gasteiger partial charge in [-0.25, -0.2) is 18.6 Å². The van der Waals surface area contributed by atoms with Crippen molar-refractivity contribution >= 4 is 6.09 Å². The van der Waals surface area contributed by atoms with E-state index in [9.17, 15) is 27.5 Å². The Balaban J connectivity index is 1.41. The molecule has 39 heavy (non-hydrogen) atoms. The maximum atomic E-state index is 14.8. The third kappa shape index (κ3) is 4.95. The van der Waals surface area contributed by atoms with Crippen LogP contribution in [0.15, 0.2) is 18.2 Å². The number of hydrogen-bond acceptors (Lipinski definition) is 7. The number of tetrazole rings is 1. The minimum absolute atomic E-state index is 0.0259. The van der Waals surface area contributed by atoms with E-state index in [1.165, 1.54) is 4.90 Å². The fraction of sp³-hybridized carbons (Fsp3) is 0.542. The molecule has 15 heteroatoms. The normalized spacial score (nSPS) is 21.9. The lowest BCUT2D eigenvalue weighted by atomic mass is 9.88. The molecule has 4 heterocycles. The summed E-state index contributed by atoms with van der Waals surface area (Å²) in [6, 6.07) is 1.99. The highest BCUT2D eigenvalue weighted by Crippen LogP contribution is 2.40. The van der Waals surface area contributed by atoms with Crippen molar-refractivity contribution in [2.75, 3.05) is 6.61 Å². The minimum atomic E-state index is -2.92. The van der Waals surface area contributed by atoms with Gasteiger partial charge in [0, 0.05) is 37.3 Å². The van der Waals surface area contributed by atoms with Crippen molar-refractivity contribution in [1.29, 1.82) is 0 Å². The summed E-state index contributed by atoms with van der Waals surface area (Å²) in [5, 5.41) is 20.8. The average molecular weight is 553 g/mol. The third-order valence-electron chi connectivity index (χ3n) is 7.18. The Morgan fingerprint density at radius 3 is 2.59 bits per heavy atom. The Morgan fingerprint density at radius 1 is 1.23 bits per heavy atom. The number of imidazole rings is 1. The summed E-state index contributed by atoms with van der Waals surface area (Å²) in [5.41, 5.74) is 0.631. The van der Waals surface area contributed by atoms with E-state index >= 15 is 0 Å². The third-order valence-corrected chi connectivity index (χ3v) is 7.18. The Bertz CT molecular complexity index is 1390. The molecule has 0 unspecified atom stereocenters. The Hall–Kier alpha value is -3.59. The van der Waals surface area contributed by atoms with E-state index in [-0.39, 0.29) is 28.8 Å². The minimum Gasteiger partial charge on any atom is -0.465 e. The predicted octanol–water partition coefficient (Wildman–Crippen LogP) is 3.74. The van der Waals surface area contributed by atoms with Gasteiger partial charge in [-0.05, 0) is 50.6 Å². The van der Waals surface area contributed by atoms with Crippen molar-refractivity contribution in [1.82, 2.24) is 39.6 Å². The number of benzene rings is 1. The summed E-state index contributed by atoms with van der Waals surface area (Å²) >= 11 is 0. The number of halogens is 4. The van der Waals surface area contributed by atoms with Gasteiger partial charge < -0.3 is 14.4 Å². The molecule has 11 nitrogen and oxygen atoms in total. The van der Waals surface area contributed by atoms with Crippen LogP contribution in [-0.2, 0) is 24.9 Å². The van der Waals surface area contributed by atoms with Gasteiger partial charge in [0.05, 0.1) is 24.0 Å². The zero-order chi connectivity index (χ0) is 28.2. The van der Waals surface area contributed by atoms with Gasteiger partial charge in [-0.15, -0.1) is 10.2 Å². The zero-order valence-corrected chi connectivity index (χ0v) is 21.7. The summed E-state index contributed by atoms with van der Waals surface area (Å²) < 4.78 is 62.5. The first-order chi connectivity index (χ1) is 18.3. The van der Waals surface area contributed by atoms with Gasteiger partial charge in [-0.1, -0.05) is 4.80 Å². The summed E-state index contributed by atoms with van der Waals surface area (Å²) in [7, 11) is 1.72. The van der Waals surface area contributed by atoms with E-state index < -0.39 is 42.0 Å². The van der Waals surface area contributed by atoms with Crippen LogP contribution >= 0.6 is 0 Å². The summed E-state index contributed by atoms with van der Waals surface area (Å²) in [4.78, 5) is 20.5. The first-order valence-corrected chi connectivity index (χ1v) is 12.3. The molecule has 1 saturated heterocycles. The topological polar surface area (TPSA) is 114 Å². The van der Waals surface area contributed by atoms with Gasteiger partial charge in [0.2, 0.25) is 5.82 Å². The van der Waals surface area contributed by atoms with Gasteiger partial charge in [0.1, 0.15) is 17.7 Å². The number of rotatable bonds is 5. The zero-order valence-electron chi connectivity index (χ0n) is 21.7. The molecule has 1 fully saturated rings. The molecule has 1 aromatic carbocycles. The van der Waals surface area contributed by atoms with Crippen LogP contribution in [0.4, 0.5) is 22.4 Å². The second-order valence-corrected chi connectivity index (χ2v) is 10.7. The first kappa shape index (κ1) is 27.0. The quantitative estimate of drug-likeness (QED) is 0.477. The van der Waals surface area contributed by atoms with Crippen LogP contribution in [0.1, 0.15) is 56.8 Å². The Labute approximate surface area is 221 Å². The molecular weight excluding hydrogens is 524 g/mol. The molecule has 1 N–H and O–H groups in total. The number of amides is 1. The van der Waals surface area contributed by atoms with Gasteiger partial charge in [0.25, 0.3) is 0 Å². The van der Waals surface area contributed by atoms with E-state index in [1.807, 2.05) is 0 Å². The van der Waals surface area contributed by atoms with E-state index in [0.717, 1.165) is 23.9 Å². The van der Waals surface area contributed by atoms with Crippen molar-refractivity contribution in [3.05, 3.63) is 46.8 Å². The van der Waals surface area contributed by atoms with Crippen LogP contribution in [0.5, 0.6) is 0 Å². The lowest BCUT2D eigenvalue weighted by molar-refractivity contribution is -0.103. The SMILES string of the molecule is Cn1c(-c2nnn(C(F)F)n2)nc2c1CN([C@H]1CO[C@H](c3cc(F)ccc3F)[C@@H](N(C(=O)O)C(C)(C)C)C1)C2. The van der Waals surface area contributed by atoms with Crippen LogP contribution in [0.3, 0.4) is 0 Å². The lowest BCUT2D eigenvalue weighted by Gasteiger charge is -2.48. The van der Waals surface area contributed by atoms with Crippen molar-refractivity contribution in [3.63, 3.8) is 0 Å². The lowest BCUT2D eigenvalue weighted by Crippen LogP contribution is -2.58. The smallest absolute Gasteiger partial charge is 0.408 e. The van der Waals surface area contributed by atoms with Crippen LogP contribution in [0, 0.1) is 11.6 Å². The Morgan fingerprint density at radius 2 is 1.97 bits per heavy atom. The highest BCUT2D eigenvalue weighted by molar-refractivity contribution is 5.66. The summed E-state index contributed by atoms with van der Waals surface area (Å²) in [5.74, 6) is -1.04. The number of nitrogens with zero attached hydrogens (tertiary/aromatic N) is 8. The number of aromatic nitrogens is 6. The molecule has 2 aromatic heterocycles. The second kappa shape index (κ2) is 9.86. The number of hydrogen-bond donors (Lipinski definition) is 1. The van der Waals surface area contributed by atoms with E-state index in [0.29, 0.717) is 31.0 Å². The number of carbonyl (C=O) groups is 1. The summed E-state index contributed by atoms with van der Waals surface area (Å²) in [6.07, 6.45) is -1.90. The standard InChI is InChI=1S/C24H28F4N8O3/c1-24(2,3)35(23(37)38)17-8-13(11-39-19(17)14-7-12(25)5-6-15(14)26)34-9-16-18(10-34)33(4)21(29-16)20-30-32-36(31-20)22(27)28/h5-7,13,17,19,22H,8-11H2,1-4H3,(H,37,38)/t13-,17+,19-/m1/s1. The number of ether oxygens (including phenoxy) is 1. The monoisotopic (exact) mass is 552 g/mol. The van der Waals surface area contributed by atoms with Crippen LogP contribution in [0.25, 0.3) is 11.6 Å². The summed E-state index contributed by atoms with van der Waals surface area (Å²) in [6.45, 7) is 3.24. The van der Waals surface area contributed by atoms with Gasteiger partial charge in [-0.3, -0.25) is 9.80 Å². The maximum absolute atomic E-state index is 14.8. The van der Waals surface area contributed by atoms with E-state index in [4.69, 9.17) is 4.74 Å². The molecule has 0 spiro atoms. The van der Waals surface area contributed by atoms with Crippen molar-refractivity contribution in [2.45, 2.75) is 70.6 Å². The molecule has 2 aliphatic heterocycles. The van der Waals surface area contributed by atoms with Crippen molar-refractivity contribution in [3.8, 4) is 11.6 Å². The molecule has 0 aliphatic carbocycles. The van der Waals surface area contributed by atoms with E-state index in [1.54, 1.807) is 32.4 Å². The van der Waals surface area contributed by atoms with Gasteiger partial charge >= 0.3 is 12.6 Å². The molecule has 3 aromatic rings. The molecule has 0 radical (unpaired) electrons. The van der Waals surface area contributed by atoms with Crippen LogP contribution < -0.4 is 0 Å². The number of fused-ring (bicyclic) bond motifs is 1. The number of carboxylic acid groups (broad SMARTS) is 1. The van der Waals surface area contributed by atoms with Crippen molar-refractivity contribution in [2.24, 2.45) is 7.05 Å². The first-order valence-electron chi connectivity index (χ1n) is 12.3. The van der Waals surface area contributed by atoms with Crippen LogP contribution in [0.2, 0.25) is 0 Å². The highest BCUT2D eigenvalue weighted by Gasteiger charge is 2.46. The molecule has 1 amide bonds. The molecule has 2 aliphatic rings. The molecule has 3 atom stereocenters. The van der Waals surface area contributed by atoms with Gasteiger partial charge in [-0.2, -0.15) is 8.78 Å². The molecule has 0 saturated carbocycles. The predicted molar refractivity (Wildman–Crippen MR) is 127 cm³/mol. The van der Waals surface area contributed by atoms with Crippen molar-refractivity contribution < 1.29 is 32.2 Å². The van der Waals surface area contributed by atoms with E-state index in [2.05, 4.69) is 25.3 Å². The largest absolute Gasteiger partial charge is 0.465 e. The van der Waals surface area contributed by atoms with Crippen LogP contribution in [-0.4, -0.2) is 75.0 Å². The molecular formula is C24H28F4N8O3. The molecule has 0 bridgehead atoms. The number of alkyl halides is 2.